The summed E-state index contributed by atoms with van der Waals surface area (Å²) in [5.74, 6) is 1.64. The van der Waals surface area contributed by atoms with Crippen LogP contribution in [-0.4, -0.2) is 24.0 Å². The Kier molecular flexibility index (Phi) is 5.73. The van der Waals surface area contributed by atoms with Crippen molar-refractivity contribution in [1.82, 2.24) is 4.90 Å². The zero-order chi connectivity index (χ0) is 22.1. The molecule has 0 atom stereocenters. The van der Waals surface area contributed by atoms with Gasteiger partial charge in [-0.3, -0.25) is 9.69 Å². The molecule has 32 heavy (non-hydrogen) atoms. The molecule has 3 aromatic carbocycles. The molecule has 0 spiro atoms. The van der Waals surface area contributed by atoms with Gasteiger partial charge in [-0.1, -0.05) is 54.1 Å². The molecule has 0 fully saturated rings. The van der Waals surface area contributed by atoms with E-state index in [-0.39, 0.29) is 5.78 Å². The molecule has 162 valence electrons. The standard InChI is InChI=1S/C27H24ClNO3/c1-18-26-21(16-29(17-31-26)12-6-10-19-7-3-2-4-8-19)15-23-25(30)24(32-27(18)23)14-20-9-5-11-22(28)13-20/h2-5,7-9,11,13-15H,6,10,12,16-17H2,1H3/b24-14-. The van der Waals surface area contributed by atoms with Crippen LogP contribution in [0.2, 0.25) is 5.02 Å². The first-order valence-electron chi connectivity index (χ1n) is 10.8. The molecule has 0 N–H and O–H groups in total. The highest BCUT2D eigenvalue weighted by Gasteiger charge is 2.33. The van der Waals surface area contributed by atoms with E-state index in [1.807, 2.05) is 37.3 Å². The van der Waals surface area contributed by atoms with Gasteiger partial charge in [-0.25, -0.2) is 0 Å². The van der Waals surface area contributed by atoms with Crippen molar-refractivity contribution in [2.45, 2.75) is 26.3 Å². The minimum Gasteiger partial charge on any atom is -0.477 e. The van der Waals surface area contributed by atoms with Crippen LogP contribution in [0.5, 0.6) is 11.5 Å². The van der Waals surface area contributed by atoms with Crippen LogP contribution in [0.25, 0.3) is 6.08 Å². The molecule has 5 heteroatoms. The molecule has 0 bridgehead atoms. The number of carbonyl (C=O) groups is 1. The third-order valence-electron chi connectivity index (χ3n) is 5.93. The molecule has 0 radical (unpaired) electrons. The Morgan fingerprint density at radius 3 is 2.72 bits per heavy atom. The maximum absolute atomic E-state index is 13.1. The Morgan fingerprint density at radius 2 is 1.91 bits per heavy atom. The zero-order valence-electron chi connectivity index (χ0n) is 17.9. The van der Waals surface area contributed by atoms with Crippen molar-refractivity contribution >= 4 is 23.5 Å². The van der Waals surface area contributed by atoms with Crippen molar-refractivity contribution in [1.29, 1.82) is 0 Å². The van der Waals surface area contributed by atoms with Crippen LogP contribution in [0.15, 0.2) is 66.4 Å². The van der Waals surface area contributed by atoms with E-state index in [2.05, 4.69) is 29.2 Å². The van der Waals surface area contributed by atoms with Crippen LogP contribution < -0.4 is 9.47 Å². The maximum atomic E-state index is 13.1. The molecule has 2 aliphatic rings. The average molecular weight is 446 g/mol. The lowest BCUT2D eigenvalue weighted by molar-refractivity contribution is 0.0932. The number of hydrogen-bond acceptors (Lipinski definition) is 4. The van der Waals surface area contributed by atoms with Crippen LogP contribution in [-0.2, 0) is 13.0 Å². The van der Waals surface area contributed by atoms with E-state index in [4.69, 9.17) is 21.1 Å². The first kappa shape index (κ1) is 20.8. The largest absolute Gasteiger partial charge is 0.477 e. The van der Waals surface area contributed by atoms with Crippen molar-refractivity contribution in [3.8, 4) is 11.5 Å². The number of fused-ring (bicyclic) bond motifs is 2. The molecule has 2 aliphatic heterocycles. The van der Waals surface area contributed by atoms with Gasteiger partial charge in [0.05, 0.1) is 5.56 Å². The average Bonchev–Trinajstić information content (AvgIpc) is 3.10. The second-order valence-electron chi connectivity index (χ2n) is 8.28. The third kappa shape index (κ3) is 4.16. The Labute approximate surface area is 193 Å². The molecule has 5 rings (SSSR count). The van der Waals surface area contributed by atoms with Gasteiger partial charge in [-0.15, -0.1) is 0 Å². The molecule has 0 aromatic heterocycles. The van der Waals surface area contributed by atoms with E-state index < -0.39 is 0 Å². The van der Waals surface area contributed by atoms with Gasteiger partial charge in [-0.2, -0.15) is 0 Å². The van der Waals surface area contributed by atoms with Gasteiger partial charge in [0, 0.05) is 29.2 Å². The predicted molar refractivity (Wildman–Crippen MR) is 126 cm³/mol. The molecule has 4 nitrogen and oxygen atoms in total. The van der Waals surface area contributed by atoms with Gasteiger partial charge < -0.3 is 9.47 Å². The highest BCUT2D eigenvalue weighted by Crippen LogP contribution is 2.43. The number of Topliss-reactive ketones (excluding diaryl/α,β-unsaturated/α-hetero) is 1. The highest BCUT2D eigenvalue weighted by atomic mass is 35.5. The van der Waals surface area contributed by atoms with Crippen LogP contribution in [0.1, 0.15) is 39.0 Å². The summed E-state index contributed by atoms with van der Waals surface area (Å²) in [6, 6.07) is 19.8. The number of benzene rings is 3. The Bertz CT molecular complexity index is 1200. The van der Waals surface area contributed by atoms with Gasteiger partial charge in [-0.05, 0) is 55.2 Å². The van der Waals surface area contributed by atoms with E-state index in [0.29, 0.717) is 28.8 Å². The van der Waals surface area contributed by atoms with Gasteiger partial charge in [0.25, 0.3) is 0 Å². The first-order chi connectivity index (χ1) is 15.6. The number of hydrogen-bond donors (Lipinski definition) is 0. The second kappa shape index (κ2) is 8.81. The van der Waals surface area contributed by atoms with Crippen molar-refractivity contribution in [2.75, 3.05) is 13.3 Å². The van der Waals surface area contributed by atoms with E-state index in [9.17, 15) is 4.79 Å². The fourth-order valence-electron chi connectivity index (χ4n) is 4.34. The second-order valence-corrected chi connectivity index (χ2v) is 8.71. The molecular weight excluding hydrogens is 422 g/mol. The number of aryl methyl sites for hydroxylation is 1. The number of rotatable bonds is 5. The van der Waals surface area contributed by atoms with Gasteiger partial charge in [0.1, 0.15) is 18.2 Å². The van der Waals surface area contributed by atoms with Crippen molar-refractivity contribution in [3.05, 3.63) is 99.3 Å². The van der Waals surface area contributed by atoms with E-state index >= 15 is 0 Å². The quantitative estimate of drug-likeness (QED) is 0.448. The summed E-state index contributed by atoms with van der Waals surface area (Å²) < 4.78 is 12.1. The van der Waals surface area contributed by atoms with Crippen LogP contribution in [0.3, 0.4) is 0 Å². The van der Waals surface area contributed by atoms with Gasteiger partial charge in [0.15, 0.2) is 5.76 Å². The van der Waals surface area contributed by atoms with Crippen LogP contribution in [0.4, 0.5) is 0 Å². The summed E-state index contributed by atoms with van der Waals surface area (Å²) in [5, 5.41) is 0.620. The summed E-state index contributed by atoms with van der Waals surface area (Å²) in [5.41, 5.74) is 4.69. The lowest BCUT2D eigenvalue weighted by Gasteiger charge is -2.30. The minimum absolute atomic E-state index is 0.105. The van der Waals surface area contributed by atoms with E-state index in [1.165, 1.54) is 5.56 Å². The molecule has 0 saturated heterocycles. The monoisotopic (exact) mass is 445 g/mol. The molecule has 0 amide bonds. The minimum atomic E-state index is -0.105. The lowest BCUT2D eigenvalue weighted by atomic mass is 10.00. The van der Waals surface area contributed by atoms with Crippen molar-refractivity contribution < 1.29 is 14.3 Å². The van der Waals surface area contributed by atoms with Crippen molar-refractivity contribution in [2.24, 2.45) is 0 Å². The fraction of sp³-hybridized carbons (Fsp3) is 0.222. The number of carbonyl (C=O) groups excluding carboxylic acids is 1. The fourth-order valence-corrected chi connectivity index (χ4v) is 4.54. The maximum Gasteiger partial charge on any atom is 0.231 e. The SMILES string of the molecule is Cc1c2c(cc3c1O/C(=C\c1cccc(Cl)c1)C3=O)CN(CCCc1ccccc1)CO2. The number of allylic oxidation sites excluding steroid dienone is 1. The summed E-state index contributed by atoms with van der Waals surface area (Å²) in [7, 11) is 0. The number of ether oxygens (including phenoxy) is 2. The summed E-state index contributed by atoms with van der Waals surface area (Å²) in [6.07, 6.45) is 3.84. The normalized spacial score (nSPS) is 16.4. The molecule has 2 heterocycles. The van der Waals surface area contributed by atoms with Crippen LogP contribution >= 0.6 is 11.6 Å². The van der Waals surface area contributed by atoms with Gasteiger partial charge >= 0.3 is 0 Å². The molecule has 0 unspecified atom stereocenters. The number of halogens is 1. The Morgan fingerprint density at radius 1 is 1.06 bits per heavy atom. The molecule has 0 saturated carbocycles. The van der Waals surface area contributed by atoms with Crippen molar-refractivity contribution in [3.63, 3.8) is 0 Å². The summed E-state index contributed by atoms with van der Waals surface area (Å²) >= 11 is 6.08. The molecular formula is C27H24ClNO3. The van der Waals surface area contributed by atoms with Crippen LogP contribution in [0, 0.1) is 6.92 Å². The summed E-state index contributed by atoms with van der Waals surface area (Å²) in [4.78, 5) is 15.3. The Balaban J connectivity index is 1.32. The number of nitrogens with zero attached hydrogens (tertiary/aromatic N) is 1. The Hall–Kier alpha value is -3.08. The lowest BCUT2D eigenvalue weighted by Crippen LogP contribution is -2.33. The smallest absolute Gasteiger partial charge is 0.231 e. The molecule has 3 aromatic rings. The van der Waals surface area contributed by atoms with E-state index in [0.717, 1.165) is 48.4 Å². The van der Waals surface area contributed by atoms with E-state index in [1.54, 1.807) is 12.1 Å². The highest BCUT2D eigenvalue weighted by molar-refractivity contribution is 6.30. The van der Waals surface area contributed by atoms with Gasteiger partial charge in [0.2, 0.25) is 5.78 Å². The first-order valence-corrected chi connectivity index (χ1v) is 11.2. The molecule has 0 aliphatic carbocycles. The third-order valence-corrected chi connectivity index (χ3v) is 6.17. The summed E-state index contributed by atoms with van der Waals surface area (Å²) in [6.45, 7) is 4.20. The predicted octanol–water partition coefficient (Wildman–Crippen LogP) is 6.05. The topological polar surface area (TPSA) is 38.8 Å². The number of ketones is 1. The zero-order valence-corrected chi connectivity index (χ0v) is 18.7.